The van der Waals surface area contributed by atoms with E-state index in [4.69, 9.17) is 4.74 Å². The van der Waals surface area contributed by atoms with Gasteiger partial charge in [0, 0.05) is 13.0 Å². The van der Waals surface area contributed by atoms with Gasteiger partial charge in [-0.3, -0.25) is 4.79 Å². The molecule has 16 heavy (non-hydrogen) atoms. The average Bonchev–Trinajstić information content (AvgIpc) is 3.09. The number of amides is 1. The molecule has 1 heterocycles. The molecule has 0 aromatic heterocycles. The van der Waals surface area contributed by atoms with Crippen molar-refractivity contribution in [1.82, 2.24) is 4.90 Å². The minimum Gasteiger partial charge on any atom is -0.377 e. The van der Waals surface area contributed by atoms with E-state index in [0.717, 1.165) is 18.7 Å². The first-order valence-corrected chi connectivity index (χ1v) is 6.82. The van der Waals surface area contributed by atoms with Gasteiger partial charge in [-0.2, -0.15) is 12.6 Å². The van der Waals surface area contributed by atoms with Gasteiger partial charge < -0.3 is 9.64 Å². The normalized spacial score (nSPS) is 27.9. The van der Waals surface area contributed by atoms with Gasteiger partial charge in [0.05, 0.1) is 19.3 Å². The molecule has 0 N–H and O–H groups in total. The van der Waals surface area contributed by atoms with Crippen molar-refractivity contribution in [2.45, 2.75) is 38.6 Å². The Bertz CT molecular complexity index is 266. The highest BCUT2D eigenvalue weighted by Crippen LogP contribution is 2.50. The first-order chi connectivity index (χ1) is 7.71. The predicted molar refractivity (Wildman–Crippen MR) is 66.7 cm³/mol. The molecule has 0 radical (unpaired) electrons. The van der Waals surface area contributed by atoms with E-state index in [0.29, 0.717) is 25.5 Å². The van der Waals surface area contributed by atoms with Crippen LogP contribution in [-0.2, 0) is 9.53 Å². The Morgan fingerprint density at radius 1 is 1.56 bits per heavy atom. The number of rotatable bonds is 4. The summed E-state index contributed by atoms with van der Waals surface area (Å²) in [4.78, 5) is 14.2. The van der Waals surface area contributed by atoms with Gasteiger partial charge in [-0.15, -0.1) is 0 Å². The molecule has 2 rings (SSSR count). The third kappa shape index (κ3) is 2.54. The second kappa shape index (κ2) is 4.96. The third-order valence-corrected chi connectivity index (χ3v) is 4.51. The third-order valence-electron chi connectivity index (χ3n) is 3.84. The van der Waals surface area contributed by atoms with Gasteiger partial charge in [0.25, 0.3) is 0 Å². The van der Waals surface area contributed by atoms with Crippen LogP contribution >= 0.6 is 12.6 Å². The van der Waals surface area contributed by atoms with Crippen LogP contribution in [0.5, 0.6) is 0 Å². The topological polar surface area (TPSA) is 29.5 Å². The number of thiol groups is 1. The molecule has 1 saturated heterocycles. The van der Waals surface area contributed by atoms with Gasteiger partial charge in [0.15, 0.2) is 0 Å². The van der Waals surface area contributed by atoms with Crippen LogP contribution in [0.3, 0.4) is 0 Å². The molecule has 1 atom stereocenters. The van der Waals surface area contributed by atoms with Gasteiger partial charge in [-0.1, -0.05) is 6.92 Å². The molecule has 0 aromatic carbocycles. The SMILES string of the molecule is CCC1COCCN1C(=O)CC1(CS)CC1. The molecule has 2 aliphatic rings. The van der Waals surface area contributed by atoms with E-state index in [1.54, 1.807) is 0 Å². The number of ether oxygens (including phenoxy) is 1. The summed E-state index contributed by atoms with van der Waals surface area (Å²) in [5.74, 6) is 1.15. The Balaban J connectivity index is 1.92. The summed E-state index contributed by atoms with van der Waals surface area (Å²) in [6, 6.07) is 0.289. The molecule has 1 unspecified atom stereocenters. The predicted octanol–water partition coefficient (Wildman–Crippen LogP) is 1.72. The van der Waals surface area contributed by atoms with E-state index < -0.39 is 0 Å². The molecule has 0 bridgehead atoms. The summed E-state index contributed by atoms with van der Waals surface area (Å²) in [6.07, 6.45) is 4.01. The van der Waals surface area contributed by atoms with Crippen molar-refractivity contribution in [2.75, 3.05) is 25.5 Å². The highest BCUT2D eigenvalue weighted by atomic mass is 32.1. The van der Waals surface area contributed by atoms with Gasteiger partial charge in [0.2, 0.25) is 5.91 Å². The summed E-state index contributed by atoms with van der Waals surface area (Å²) in [7, 11) is 0. The van der Waals surface area contributed by atoms with E-state index in [1.807, 2.05) is 4.90 Å². The van der Waals surface area contributed by atoms with Crippen LogP contribution in [-0.4, -0.2) is 42.4 Å². The first-order valence-electron chi connectivity index (χ1n) is 6.19. The van der Waals surface area contributed by atoms with Crippen molar-refractivity contribution in [2.24, 2.45) is 5.41 Å². The standard InChI is InChI=1S/C12H21NO2S/c1-2-10-8-15-6-5-13(10)11(14)7-12(9-16)3-4-12/h10,16H,2-9H2,1H3. The fourth-order valence-electron chi connectivity index (χ4n) is 2.31. The average molecular weight is 243 g/mol. The molecule has 4 heteroatoms. The minimum atomic E-state index is 0.233. The molecular weight excluding hydrogens is 222 g/mol. The minimum absolute atomic E-state index is 0.233. The van der Waals surface area contributed by atoms with Crippen molar-refractivity contribution < 1.29 is 9.53 Å². The molecule has 1 saturated carbocycles. The second-order valence-corrected chi connectivity index (χ2v) is 5.38. The molecule has 1 aliphatic carbocycles. The summed E-state index contributed by atoms with van der Waals surface area (Å²) >= 11 is 4.35. The summed E-state index contributed by atoms with van der Waals surface area (Å²) in [5, 5.41) is 0. The lowest BCUT2D eigenvalue weighted by atomic mass is 10.0. The molecule has 1 aliphatic heterocycles. The zero-order chi connectivity index (χ0) is 11.6. The molecule has 1 amide bonds. The van der Waals surface area contributed by atoms with Crippen LogP contribution < -0.4 is 0 Å². The van der Waals surface area contributed by atoms with Crippen LogP contribution in [0.4, 0.5) is 0 Å². The van der Waals surface area contributed by atoms with E-state index in [-0.39, 0.29) is 11.5 Å². The molecular formula is C12H21NO2S. The van der Waals surface area contributed by atoms with Gasteiger partial charge in [-0.05, 0) is 30.4 Å². The van der Waals surface area contributed by atoms with Crippen LogP contribution in [0.15, 0.2) is 0 Å². The number of morpholine rings is 1. The Hall–Kier alpha value is -0.220. The lowest BCUT2D eigenvalue weighted by molar-refractivity contribution is -0.141. The Morgan fingerprint density at radius 3 is 2.88 bits per heavy atom. The number of hydrogen-bond acceptors (Lipinski definition) is 3. The van der Waals surface area contributed by atoms with Crippen LogP contribution in [0.1, 0.15) is 32.6 Å². The fraction of sp³-hybridized carbons (Fsp3) is 0.917. The summed E-state index contributed by atoms with van der Waals surface area (Å²) in [5.41, 5.74) is 0.233. The molecule has 0 spiro atoms. The number of carbonyl (C=O) groups is 1. The largest absolute Gasteiger partial charge is 0.377 e. The Kier molecular flexibility index (Phi) is 3.80. The highest BCUT2D eigenvalue weighted by Gasteiger charge is 2.44. The maximum atomic E-state index is 12.2. The maximum Gasteiger partial charge on any atom is 0.223 e. The zero-order valence-corrected chi connectivity index (χ0v) is 10.8. The number of nitrogens with zero attached hydrogens (tertiary/aromatic N) is 1. The van der Waals surface area contributed by atoms with Crippen LogP contribution in [0.2, 0.25) is 0 Å². The lowest BCUT2D eigenvalue weighted by Crippen LogP contribution is -2.49. The van der Waals surface area contributed by atoms with Crippen molar-refractivity contribution in [1.29, 1.82) is 0 Å². The van der Waals surface area contributed by atoms with Crippen molar-refractivity contribution >= 4 is 18.5 Å². The highest BCUT2D eigenvalue weighted by molar-refractivity contribution is 7.80. The first kappa shape index (κ1) is 12.2. The summed E-state index contributed by atoms with van der Waals surface area (Å²) < 4.78 is 5.42. The Morgan fingerprint density at radius 2 is 2.31 bits per heavy atom. The van der Waals surface area contributed by atoms with Crippen LogP contribution in [0.25, 0.3) is 0 Å². The number of carbonyl (C=O) groups excluding carboxylic acids is 1. The van der Waals surface area contributed by atoms with E-state index >= 15 is 0 Å². The van der Waals surface area contributed by atoms with Gasteiger partial charge in [0.1, 0.15) is 0 Å². The summed E-state index contributed by atoms with van der Waals surface area (Å²) in [6.45, 7) is 4.28. The quantitative estimate of drug-likeness (QED) is 0.762. The zero-order valence-electron chi connectivity index (χ0n) is 9.95. The van der Waals surface area contributed by atoms with E-state index in [1.165, 1.54) is 12.8 Å². The molecule has 3 nitrogen and oxygen atoms in total. The fourth-order valence-corrected chi connectivity index (χ4v) is 2.74. The van der Waals surface area contributed by atoms with E-state index in [9.17, 15) is 4.79 Å². The van der Waals surface area contributed by atoms with Crippen LogP contribution in [0, 0.1) is 5.41 Å². The van der Waals surface area contributed by atoms with Crippen molar-refractivity contribution in [3.63, 3.8) is 0 Å². The van der Waals surface area contributed by atoms with Crippen molar-refractivity contribution in [3.05, 3.63) is 0 Å². The van der Waals surface area contributed by atoms with Crippen molar-refractivity contribution in [3.8, 4) is 0 Å². The van der Waals surface area contributed by atoms with Gasteiger partial charge in [-0.25, -0.2) is 0 Å². The van der Waals surface area contributed by atoms with E-state index in [2.05, 4.69) is 19.6 Å². The maximum absolute atomic E-state index is 12.2. The Labute approximate surface area is 103 Å². The molecule has 92 valence electrons. The molecule has 2 fully saturated rings. The molecule has 0 aromatic rings. The smallest absolute Gasteiger partial charge is 0.223 e. The monoisotopic (exact) mass is 243 g/mol. The number of hydrogen-bond donors (Lipinski definition) is 1. The van der Waals surface area contributed by atoms with Gasteiger partial charge >= 0.3 is 0 Å². The lowest BCUT2D eigenvalue weighted by Gasteiger charge is -2.36. The second-order valence-electron chi connectivity index (χ2n) is 5.06.